The Labute approximate surface area is 148 Å². The van der Waals surface area contributed by atoms with Crippen molar-refractivity contribution in [1.29, 1.82) is 0 Å². The Morgan fingerprint density at radius 1 is 1.32 bits per heavy atom. The summed E-state index contributed by atoms with van der Waals surface area (Å²) in [7, 11) is 1.69. The molecular formula is C17H27N5O3. The minimum absolute atomic E-state index is 0.0415. The summed E-state index contributed by atoms with van der Waals surface area (Å²) in [5.41, 5.74) is 0.696. The number of morpholine rings is 1. The van der Waals surface area contributed by atoms with Gasteiger partial charge in [0.25, 0.3) is 5.69 Å². The average molecular weight is 349 g/mol. The SMILES string of the molecule is CN=C(NCc1ccccc1[N+](=O)[O-])NCC(C)(C)N1CCOCC1. The fourth-order valence-corrected chi connectivity index (χ4v) is 2.82. The first-order chi connectivity index (χ1) is 11.9. The normalized spacial score (nSPS) is 16.5. The third-order valence-corrected chi connectivity index (χ3v) is 4.41. The molecule has 0 atom stereocenters. The lowest BCUT2D eigenvalue weighted by Crippen LogP contribution is -2.56. The lowest BCUT2D eigenvalue weighted by molar-refractivity contribution is -0.385. The van der Waals surface area contributed by atoms with Crippen molar-refractivity contribution in [2.75, 3.05) is 39.9 Å². The number of rotatable bonds is 6. The lowest BCUT2D eigenvalue weighted by Gasteiger charge is -2.41. The quantitative estimate of drug-likeness (QED) is 0.349. The molecule has 1 aromatic carbocycles. The number of aliphatic imine (C=N–C) groups is 1. The molecule has 0 amide bonds. The van der Waals surface area contributed by atoms with Crippen LogP contribution in [0.4, 0.5) is 5.69 Å². The van der Waals surface area contributed by atoms with E-state index in [-0.39, 0.29) is 16.1 Å². The van der Waals surface area contributed by atoms with Crippen LogP contribution < -0.4 is 10.6 Å². The van der Waals surface area contributed by atoms with Gasteiger partial charge >= 0.3 is 0 Å². The van der Waals surface area contributed by atoms with Crippen molar-refractivity contribution < 1.29 is 9.66 Å². The second-order valence-corrected chi connectivity index (χ2v) is 6.58. The zero-order chi connectivity index (χ0) is 18.3. The largest absolute Gasteiger partial charge is 0.379 e. The molecule has 0 bridgehead atoms. The number of nitrogens with zero attached hydrogens (tertiary/aromatic N) is 3. The molecule has 0 radical (unpaired) electrons. The molecule has 0 unspecified atom stereocenters. The number of benzene rings is 1. The zero-order valence-electron chi connectivity index (χ0n) is 15.1. The van der Waals surface area contributed by atoms with Crippen LogP contribution in [0.5, 0.6) is 0 Å². The number of nitro benzene ring substituents is 1. The summed E-state index contributed by atoms with van der Waals surface area (Å²) >= 11 is 0. The van der Waals surface area contributed by atoms with Crippen molar-refractivity contribution in [3.8, 4) is 0 Å². The van der Waals surface area contributed by atoms with E-state index in [0.29, 0.717) is 24.6 Å². The van der Waals surface area contributed by atoms with Gasteiger partial charge in [-0.3, -0.25) is 20.0 Å². The number of guanidine groups is 1. The zero-order valence-corrected chi connectivity index (χ0v) is 15.1. The number of hydrogen-bond donors (Lipinski definition) is 2. The Balaban J connectivity index is 1.90. The highest BCUT2D eigenvalue weighted by molar-refractivity contribution is 5.79. The molecule has 1 fully saturated rings. The molecule has 2 N–H and O–H groups in total. The topological polar surface area (TPSA) is 92.0 Å². The smallest absolute Gasteiger partial charge is 0.274 e. The second kappa shape index (κ2) is 8.77. The minimum Gasteiger partial charge on any atom is -0.379 e. The molecule has 1 aliphatic heterocycles. The van der Waals surface area contributed by atoms with Gasteiger partial charge in [-0.25, -0.2) is 0 Å². The van der Waals surface area contributed by atoms with E-state index in [9.17, 15) is 10.1 Å². The molecule has 0 aliphatic carbocycles. The maximum atomic E-state index is 11.1. The number of hydrogen-bond acceptors (Lipinski definition) is 5. The highest BCUT2D eigenvalue weighted by Gasteiger charge is 2.28. The van der Waals surface area contributed by atoms with E-state index in [1.54, 1.807) is 25.2 Å². The van der Waals surface area contributed by atoms with E-state index in [4.69, 9.17) is 4.74 Å². The van der Waals surface area contributed by atoms with Gasteiger partial charge in [0.05, 0.1) is 18.1 Å². The fraction of sp³-hybridized carbons (Fsp3) is 0.588. The number of nitrogens with one attached hydrogen (secondary N) is 2. The van der Waals surface area contributed by atoms with Gasteiger partial charge < -0.3 is 15.4 Å². The molecule has 0 spiro atoms. The summed E-state index contributed by atoms with van der Waals surface area (Å²) < 4.78 is 5.41. The van der Waals surface area contributed by atoms with Gasteiger partial charge in [0.2, 0.25) is 0 Å². The molecule has 2 rings (SSSR count). The summed E-state index contributed by atoms with van der Waals surface area (Å²) in [6.07, 6.45) is 0. The van der Waals surface area contributed by atoms with Gasteiger partial charge in [-0.2, -0.15) is 0 Å². The van der Waals surface area contributed by atoms with Crippen molar-refractivity contribution in [2.24, 2.45) is 4.99 Å². The summed E-state index contributed by atoms with van der Waals surface area (Å²) in [5.74, 6) is 0.625. The molecule has 1 aromatic rings. The predicted octanol–water partition coefficient (Wildman–Crippen LogP) is 1.37. The van der Waals surface area contributed by atoms with Crippen LogP contribution in [0.3, 0.4) is 0 Å². The Bertz CT molecular complexity index is 612. The first-order valence-electron chi connectivity index (χ1n) is 8.43. The Hall–Kier alpha value is -2.19. The van der Waals surface area contributed by atoms with Crippen molar-refractivity contribution in [1.82, 2.24) is 15.5 Å². The van der Waals surface area contributed by atoms with Crippen LogP contribution in [0.1, 0.15) is 19.4 Å². The first kappa shape index (κ1) is 19.1. The van der Waals surface area contributed by atoms with Crippen LogP contribution in [-0.2, 0) is 11.3 Å². The van der Waals surface area contributed by atoms with Crippen molar-refractivity contribution in [3.63, 3.8) is 0 Å². The van der Waals surface area contributed by atoms with E-state index in [2.05, 4.69) is 34.4 Å². The fourth-order valence-electron chi connectivity index (χ4n) is 2.82. The average Bonchev–Trinajstić information content (AvgIpc) is 2.62. The van der Waals surface area contributed by atoms with Gasteiger partial charge in [0.1, 0.15) is 0 Å². The van der Waals surface area contributed by atoms with Crippen LogP contribution in [0.2, 0.25) is 0 Å². The molecule has 0 saturated carbocycles. The number of ether oxygens (including phenoxy) is 1. The lowest BCUT2D eigenvalue weighted by atomic mass is 10.0. The third-order valence-electron chi connectivity index (χ3n) is 4.41. The van der Waals surface area contributed by atoms with Crippen LogP contribution in [-0.4, -0.2) is 61.2 Å². The monoisotopic (exact) mass is 349 g/mol. The van der Waals surface area contributed by atoms with Crippen molar-refractivity contribution >= 4 is 11.6 Å². The molecule has 0 aromatic heterocycles. The molecule has 25 heavy (non-hydrogen) atoms. The van der Waals surface area contributed by atoms with E-state index < -0.39 is 0 Å². The van der Waals surface area contributed by atoms with Crippen molar-refractivity contribution in [2.45, 2.75) is 25.9 Å². The van der Waals surface area contributed by atoms with E-state index >= 15 is 0 Å². The van der Waals surface area contributed by atoms with E-state index in [1.807, 2.05) is 0 Å². The van der Waals surface area contributed by atoms with Crippen LogP contribution in [0, 0.1) is 10.1 Å². The predicted molar refractivity (Wildman–Crippen MR) is 97.8 cm³/mol. The Kier molecular flexibility index (Phi) is 6.72. The maximum absolute atomic E-state index is 11.1. The summed E-state index contributed by atoms with van der Waals surface area (Å²) in [6, 6.07) is 6.71. The summed E-state index contributed by atoms with van der Waals surface area (Å²) in [6.45, 7) is 8.76. The van der Waals surface area contributed by atoms with Gasteiger partial charge in [-0.15, -0.1) is 0 Å². The third kappa shape index (κ3) is 5.40. The van der Waals surface area contributed by atoms with Crippen molar-refractivity contribution in [3.05, 3.63) is 39.9 Å². The van der Waals surface area contributed by atoms with Crippen LogP contribution in [0.25, 0.3) is 0 Å². The van der Waals surface area contributed by atoms with Gasteiger partial charge in [-0.05, 0) is 13.8 Å². The first-order valence-corrected chi connectivity index (χ1v) is 8.43. The van der Waals surface area contributed by atoms with E-state index in [0.717, 1.165) is 26.3 Å². The summed E-state index contributed by atoms with van der Waals surface area (Å²) in [5, 5.41) is 17.5. The molecule has 1 heterocycles. The molecule has 1 saturated heterocycles. The summed E-state index contributed by atoms with van der Waals surface area (Å²) in [4.78, 5) is 17.3. The Morgan fingerprint density at radius 3 is 2.64 bits per heavy atom. The van der Waals surface area contributed by atoms with Gasteiger partial charge in [0.15, 0.2) is 5.96 Å². The minimum atomic E-state index is -0.366. The molecule has 1 aliphatic rings. The van der Waals surface area contributed by atoms with Gasteiger partial charge in [-0.1, -0.05) is 18.2 Å². The highest BCUT2D eigenvalue weighted by atomic mass is 16.6. The van der Waals surface area contributed by atoms with E-state index in [1.165, 1.54) is 6.07 Å². The van der Waals surface area contributed by atoms with Gasteiger partial charge in [0, 0.05) is 50.4 Å². The van der Waals surface area contributed by atoms with Crippen LogP contribution >= 0.6 is 0 Å². The number of nitro groups is 1. The maximum Gasteiger partial charge on any atom is 0.274 e. The number of para-hydroxylation sites is 1. The molecular weight excluding hydrogens is 322 g/mol. The standard InChI is InChI=1S/C17H27N5O3/c1-17(2,21-8-10-25-11-9-21)13-20-16(18-3)19-12-14-6-4-5-7-15(14)22(23)24/h4-7H,8-13H2,1-3H3,(H2,18,19,20). The molecule has 138 valence electrons. The molecule has 8 nitrogen and oxygen atoms in total. The Morgan fingerprint density at radius 2 is 2.00 bits per heavy atom. The van der Waals surface area contributed by atoms with Crippen LogP contribution in [0.15, 0.2) is 29.3 Å². The second-order valence-electron chi connectivity index (χ2n) is 6.58. The highest BCUT2D eigenvalue weighted by Crippen LogP contribution is 2.17. The molecule has 8 heteroatoms.